The van der Waals surface area contributed by atoms with E-state index in [0.717, 1.165) is 32.1 Å². The summed E-state index contributed by atoms with van der Waals surface area (Å²) < 4.78 is 26.7. The van der Waals surface area contributed by atoms with Crippen LogP contribution in [0.25, 0.3) is 0 Å². The number of nitrogens with zero attached hydrogens (tertiary/aromatic N) is 1. The number of fused-ring (bicyclic) bond motifs is 2. The third kappa shape index (κ3) is 2.29. The molecule has 1 aliphatic carbocycles. The first-order valence-electron chi connectivity index (χ1n) is 7.23. The predicted molar refractivity (Wildman–Crippen MR) is 70.1 cm³/mol. The van der Waals surface area contributed by atoms with Crippen LogP contribution in [0.5, 0.6) is 0 Å². The first-order chi connectivity index (χ1) is 8.99. The molecule has 3 rings (SSSR count). The van der Waals surface area contributed by atoms with E-state index in [9.17, 15) is 18.3 Å². The van der Waals surface area contributed by atoms with E-state index in [1.54, 1.807) is 4.31 Å². The van der Waals surface area contributed by atoms with Crippen molar-refractivity contribution in [2.24, 2.45) is 11.8 Å². The third-order valence-corrected chi connectivity index (χ3v) is 7.14. The average molecular weight is 287 g/mol. The predicted octanol–water partition coefficient (Wildman–Crippen LogP) is 1.44. The number of hydrogen-bond acceptors (Lipinski definition) is 3. The smallest absolute Gasteiger partial charge is 0.308 e. The molecule has 3 atom stereocenters. The molecule has 1 N–H and O–H groups in total. The highest BCUT2D eigenvalue weighted by Gasteiger charge is 2.54. The molecule has 0 radical (unpaired) electrons. The highest BCUT2D eigenvalue weighted by molar-refractivity contribution is 7.89. The number of carboxylic acids is 1. The van der Waals surface area contributed by atoms with Gasteiger partial charge in [0.2, 0.25) is 10.0 Å². The lowest BCUT2D eigenvalue weighted by molar-refractivity contribution is -0.142. The number of rotatable bonds is 4. The molecule has 2 heterocycles. The zero-order chi connectivity index (χ0) is 13.6. The number of carbonyl (C=O) groups is 1. The normalized spacial score (nSPS) is 36.1. The summed E-state index contributed by atoms with van der Waals surface area (Å²) in [5, 5.41) is 9.18. The Morgan fingerprint density at radius 1 is 1.16 bits per heavy atom. The van der Waals surface area contributed by atoms with Gasteiger partial charge >= 0.3 is 5.97 Å². The number of hydrogen-bond donors (Lipinski definition) is 1. The van der Waals surface area contributed by atoms with Crippen molar-refractivity contribution in [2.45, 2.75) is 57.0 Å². The van der Waals surface area contributed by atoms with Crippen molar-refractivity contribution in [3.8, 4) is 0 Å². The van der Waals surface area contributed by atoms with Gasteiger partial charge in [0.05, 0.1) is 11.7 Å². The molecule has 3 aliphatic rings. The number of aliphatic carboxylic acids is 1. The molecule has 2 aliphatic heterocycles. The standard InChI is InChI=1S/C13H21NO4S/c15-13(16)11-7-10-5-6-12(11)14(10)19(17,18)8-9-3-1-2-4-9/h9-12H,1-8H2,(H,15,16). The molecule has 5 nitrogen and oxygen atoms in total. The molecule has 3 unspecified atom stereocenters. The maximum Gasteiger partial charge on any atom is 0.308 e. The molecule has 1 saturated carbocycles. The minimum atomic E-state index is -3.28. The summed E-state index contributed by atoms with van der Waals surface area (Å²) in [5.41, 5.74) is 0. The zero-order valence-corrected chi connectivity index (χ0v) is 11.8. The van der Waals surface area contributed by atoms with E-state index in [1.165, 1.54) is 0 Å². The Labute approximate surface area is 114 Å². The Bertz CT molecular complexity index is 469. The van der Waals surface area contributed by atoms with Crippen LogP contribution in [0.15, 0.2) is 0 Å². The van der Waals surface area contributed by atoms with Crippen molar-refractivity contribution in [3.05, 3.63) is 0 Å². The first-order valence-corrected chi connectivity index (χ1v) is 8.84. The van der Waals surface area contributed by atoms with Gasteiger partial charge in [-0.05, 0) is 38.0 Å². The Morgan fingerprint density at radius 3 is 2.42 bits per heavy atom. The molecule has 0 aromatic carbocycles. The van der Waals surface area contributed by atoms with Crippen LogP contribution in [0.4, 0.5) is 0 Å². The van der Waals surface area contributed by atoms with Gasteiger partial charge in [-0.15, -0.1) is 0 Å². The van der Waals surface area contributed by atoms with E-state index in [2.05, 4.69) is 0 Å². The number of sulfonamides is 1. The minimum absolute atomic E-state index is 0.0579. The summed E-state index contributed by atoms with van der Waals surface area (Å²) in [7, 11) is -3.28. The highest BCUT2D eigenvalue weighted by atomic mass is 32.2. The molecule has 2 saturated heterocycles. The molecule has 108 valence electrons. The molecule has 6 heteroatoms. The van der Waals surface area contributed by atoms with Gasteiger partial charge < -0.3 is 5.11 Å². The summed E-state index contributed by atoms with van der Waals surface area (Å²) in [6, 6.07) is -0.341. The topological polar surface area (TPSA) is 74.7 Å². The van der Waals surface area contributed by atoms with Crippen LogP contribution < -0.4 is 0 Å². The summed E-state index contributed by atoms with van der Waals surface area (Å²) >= 11 is 0. The van der Waals surface area contributed by atoms with Gasteiger partial charge in [0, 0.05) is 12.1 Å². The lowest BCUT2D eigenvalue weighted by Gasteiger charge is -2.24. The van der Waals surface area contributed by atoms with Gasteiger partial charge in [-0.2, -0.15) is 4.31 Å². The lowest BCUT2D eigenvalue weighted by atomic mass is 9.89. The van der Waals surface area contributed by atoms with E-state index in [1.807, 2.05) is 0 Å². The first kappa shape index (κ1) is 13.4. The monoisotopic (exact) mass is 287 g/mol. The lowest BCUT2D eigenvalue weighted by Crippen LogP contribution is -2.40. The summed E-state index contributed by atoms with van der Waals surface area (Å²) in [6.45, 7) is 0. The SMILES string of the molecule is O=C(O)C1CC2CCC1N2S(=O)(=O)CC1CCCC1. The average Bonchev–Trinajstić information content (AvgIpc) is 3.01. The van der Waals surface area contributed by atoms with Crippen molar-refractivity contribution in [2.75, 3.05) is 5.75 Å². The van der Waals surface area contributed by atoms with Crippen molar-refractivity contribution in [1.82, 2.24) is 4.31 Å². The Kier molecular flexibility index (Phi) is 3.33. The van der Waals surface area contributed by atoms with Crippen LogP contribution in [0.1, 0.15) is 44.9 Å². The maximum atomic E-state index is 12.6. The van der Waals surface area contributed by atoms with Crippen molar-refractivity contribution in [3.63, 3.8) is 0 Å². The Balaban J connectivity index is 1.76. The Morgan fingerprint density at radius 2 is 1.84 bits per heavy atom. The molecular weight excluding hydrogens is 266 g/mol. The summed E-state index contributed by atoms with van der Waals surface area (Å²) in [5.74, 6) is -0.814. The third-order valence-electron chi connectivity index (χ3n) is 5.03. The fourth-order valence-electron chi connectivity index (χ4n) is 4.20. The van der Waals surface area contributed by atoms with Gasteiger partial charge in [-0.1, -0.05) is 12.8 Å². The number of carboxylic acid groups (broad SMARTS) is 1. The molecule has 19 heavy (non-hydrogen) atoms. The zero-order valence-electron chi connectivity index (χ0n) is 11.0. The van der Waals surface area contributed by atoms with Crippen molar-refractivity contribution < 1.29 is 18.3 Å². The molecular formula is C13H21NO4S. The largest absolute Gasteiger partial charge is 0.481 e. The summed E-state index contributed by atoms with van der Waals surface area (Å²) in [4.78, 5) is 11.2. The van der Waals surface area contributed by atoms with Crippen LogP contribution in [0.2, 0.25) is 0 Å². The van der Waals surface area contributed by atoms with E-state index in [-0.39, 0.29) is 23.8 Å². The van der Waals surface area contributed by atoms with Crippen molar-refractivity contribution in [1.29, 1.82) is 0 Å². The quantitative estimate of drug-likeness (QED) is 0.849. The molecule has 0 amide bonds. The minimum Gasteiger partial charge on any atom is -0.481 e. The molecule has 0 aromatic rings. The van der Waals surface area contributed by atoms with Crippen molar-refractivity contribution >= 4 is 16.0 Å². The van der Waals surface area contributed by atoms with E-state index >= 15 is 0 Å². The second-order valence-electron chi connectivity index (χ2n) is 6.24. The van der Waals surface area contributed by atoms with Gasteiger partial charge in [-0.3, -0.25) is 4.79 Å². The van der Waals surface area contributed by atoms with E-state index in [4.69, 9.17) is 0 Å². The van der Waals surface area contributed by atoms with E-state index in [0.29, 0.717) is 12.8 Å². The highest BCUT2D eigenvalue weighted by Crippen LogP contribution is 2.44. The van der Waals surface area contributed by atoms with Gasteiger partial charge in [0.1, 0.15) is 0 Å². The second kappa shape index (κ2) is 4.74. The van der Waals surface area contributed by atoms with Crippen LogP contribution in [0, 0.1) is 11.8 Å². The van der Waals surface area contributed by atoms with Gasteiger partial charge in [0.15, 0.2) is 0 Å². The molecule has 3 fully saturated rings. The van der Waals surface area contributed by atoms with Crippen LogP contribution >= 0.6 is 0 Å². The van der Waals surface area contributed by atoms with Gasteiger partial charge in [0.25, 0.3) is 0 Å². The van der Waals surface area contributed by atoms with E-state index < -0.39 is 21.9 Å². The fraction of sp³-hybridized carbons (Fsp3) is 0.923. The van der Waals surface area contributed by atoms with Crippen LogP contribution in [0.3, 0.4) is 0 Å². The second-order valence-corrected chi connectivity index (χ2v) is 8.16. The van der Waals surface area contributed by atoms with Gasteiger partial charge in [-0.25, -0.2) is 8.42 Å². The maximum absolute atomic E-state index is 12.6. The fourth-order valence-corrected chi connectivity index (χ4v) is 6.61. The molecule has 2 bridgehead atoms. The molecule has 0 aromatic heterocycles. The van der Waals surface area contributed by atoms with Crippen LogP contribution in [-0.2, 0) is 14.8 Å². The Hall–Kier alpha value is -0.620. The summed E-state index contributed by atoms with van der Waals surface area (Å²) in [6.07, 6.45) is 6.32. The molecule has 0 spiro atoms. The van der Waals surface area contributed by atoms with Crippen LogP contribution in [-0.4, -0.2) is 41.6 Å².